The van der Waals surface area contributed by atoms with Crippen molar-refractivity contribution in [2.45, 2.75) is 51.6 Å². The van der Waals surface area contributed by atoms with Crippen LogP contribution in [0.4, 0.5) is 0 Å². The molecule has 0 spiro atoms. The van der Waals surface area contributed by atoms with Crippen LogP contribution >= 0.6 is 0 Å². The molecule has 0 aromatic carbocycles. The van der Waals surface area contributed by atoms with E-state index >= 15 is 0 Å². The summed E-state index contributed by atoms with van der Waals surface area (Å²) in [6, 6.07) is 1.33. The smallest absolute Gasteiger partial charge is 0.220 e. The summed E-state index contributed by atoms with van der Waals surface area (Å²) in [5, 5.41) is 10.4. The Kier molecular flexibility index (Phi) is 4.11. The molecule has 2 unspecified atom stereocenters. The number of rotatable bonds is 1. The maximum atomic E-state index is 5.48. The average Bonchev–Trinajstić information content (AvgIpc) is 2.50. The molecule has 4 nitrogen and oxygen atoms in total. The fraction of sp³-hybridized carbons (Fsp3) is 0.800. The van der Waals surface area contributed by atoms with E-state index in [0.29, 0.717) is 23.9 Å². The normalized spacial score (nSPS) is 31.0. The van der Waals surface area contributed by atoms with Gasteiger partial charge < -0.3 is 22.1 Å². The van der Waals surface area contributed by atoms with Gasteiger partial charge in [-0.2, -0.15) is 0 Å². The Morgan fingerprint density at radius 1 is 1.20 bits per heavy atom. The summed E-state index contributed by atoms with van der Waals surface area (Å²) in [4.78, 5) is 0. The lowest BCUT2D eigenvalue weighted by atomic mass is 9.89. The van der Waals surface area contributed by atoms with Crippen LogP contribution in [0.25, 0.3) is 0 Å². The Balaban J connectivity index is 0.00000112. The Hall–Kier alpha value is -0.610. The highest BCUT2D eigenvalue weighted by Crippen LogP contribution is 2.26. The van der Waals surface area contributed by atoms with Crippen molar-refractivity contribution in [1.29, 1.82) is 0 Å². The highest BCUT2D eigenvalue weighted by molar-refractivity contribution is 4.93. The maximum absolute atomic E-state index is 5.48. The lowest BCUT2D eigenvalue weighted by Gasteiger charge is -2.27. The fourth-order valence-corrected chi connectivity index (χ4v) is 2.39. The van der Waals surface area contributed by atoms with Gasteiger partial charge in [0.25, 0.3) is 0 Å². The first kappa shape index (κ1) is 12.5. The Morgan fingerprint density at radius 2 is 1.80 bits per heavy atom. The summed E-state index contributed by atoms with van der Waals surface area (Å²) in [5.41, 5.74) is 0. The number of halogens is 1. The van der Waals surface area contributed by atoms with Crippen molar-refractivity contribution in [3.63, 3.8) is 0 Å². The molecule has 1 aliphatic rings. The molecule has 1 aromatic rings. The number of hydrogen-bond donors (Lipinski definition) is 1. The van der Waals surface area contributed by atoms with Crippen LogP contribution < -0.4 is 17.7 Å². The van der Waals surface area contributed by atoms with E-state index < -0.39 is 0 Å². The van der Waals surface area contributed by atoms with Crippen molar-refractivity contribution < 1.29 is 22.1 Å². The van der Waals surface area contributed by atoms with Crippen LogP contribution in [0.1, 0.15) is 44.4 Å². The zero-order valence-electron chi connectivity index (χ0n) is 9.40. The minimum atomic E-state index is 0. The van der Waals surface area contributed by atoms with Gasteiger partial charge in [-0.05, 0) is 13.8 Å². The molecule has 0 aliphatic carbocycles. The molecule has 0 saturated carbocycles. The molecule has 15 heavy (non-hydrogen) atoms. The van der Waals surface area contributed by atoms with Crippen molar-refractivity contribution in [2.24, 2.45) is 0 Å². The third-order valence-corrected chi connectivity index (χ3v) is 2.86. The largest absolute Gasteiger partial charge is 1.00 e. The number of nitrogens with zero attached hydrogens (tertiary/aromatic N) is 2. The lowest BCUT2D eigenvalue weighted by Crippen LogP contribution is -3.00. The van der Waals surface area contributed by atoms with Crippen molar-refractivity contribution in [2.75, 3.05) is 0 Å². The number of piperidine rings is 1. The standard InChI is InChI=1S/C10H17N3O.ClH/c1-6-4-9(5-7(2)11-6)10-13-12-8(3)14-10;/h6-7,9,11H,4-5H2,1-3H3;1H. The summed E-state index contributed by atoms with van der Waals surface area (Å²) in [6.07, 6.45) is 2.29. The van der Waals surface area contributed by atoms with Crippen molar-refractivity contribution in [3.05, 3.63) is 11.8 Å². The second-order valence-corrected chi connectivity index (χ2v) is 4.47. The number of nitrogens with two attached hydrogens (primary N) is 1. The molecule has 2 heterocycles. The number of quaternary nitrogens is 1. The van der Waals surface area contributed by atoms with Gasteiger partial charge in [0.1, 0.15) is 0 Å². The minimum Gasteiger partial charge on any atom is -1.00 e. The van der Waals surface area contributed by atoms with E-state index in [4.69, 9.17) is 4.42 Å². The molecule has 2 atom stereocenters. The summed E-state index contributed by atoms with van der Waals surface area (Å²) in [7, 11) is 0. The van der Waals surface area contributed by atoms with Crippen LogP contribution in [-0.2, 0) is 0 Å². The number of hydrogen-bond acceptors (Lipinski definition) is 3. The third-order valence-electron chi connectivity index (χ3n) is 2.86. The molecule has 2 rings (SSSR count). The maximum Gasteiger partial charge on any atom is 0.220 e. The Labute approximate surface area is 96.3 Å². The number of aryl methyl sites for hydroxylation is 1. The first-order valence-electron chi connectivity index (χ1n) is 5.30. The second kappa shape index (κ2) is 4.94. The molecular formula is C10H18ClN3O. The zero-order chi connectivity index (χ0) is 10.1. The van der Waals surface area contributed by atoms with E-state index in [1.54, 1.807) is 0 Å². The van der Waals surface area contributed by atoms with E-state index in [0.717, 1.165) is 18.7 Å². The van der Waals surface area contributed by atoms with Crippen LogP contribution in [0.15, 0.2) is 4.42 Å². The van der Waals surface area contributed by atoms with Gasteiger partial charge >= 0.3 is 0 Å². The average molecular weight is 232 g/mol. The first-order chi connectivity index (χ1) is 6.65. The Morgan fingerprint density at radius 3 is 2.27 bits per heavy atom. The lowest BCUT2D eigenvalue weighted by molar-refractivity contribution is -0.725. The van der Waals surface area contributed by atoms with Crippen molar-refractivity contribution in [1.82, 2.24) is 10.2 Å². The molecule has 0 amide bonds. The fourth-order valence-electron chi connectivity index (χ4n) is 2.39. The van der Waals surface area contributed by atoms with Crippen molar-refractivity contribution >= 4 is 0 Å². The SMILES string of the molecule is Cc1nnc(C2CC(C)[NH2+]C(C)C2)o1.[Cl-]. The monoisotopic (exact) mass is 231 g/mol. The van der Waals surface area contributed by atoms with Gasteiger partial charge in [0.05, 0.1) is 12.1 Å². The van der Waals surface area contributed by atoms with Gasteiger partial charge in [-0.3, -0.25) is 0 Å². The summed E-state index contributed by atoms with van der Waals surface area (Å²) >= 11 is 0. The van der Waals surface area contributed by atoms with Gasteiger partial charge in [0.2, 0.25) is 11.8 Å². The molecule has 1 aliphatic heterocycles. The molecule has 1 saturated heterocycles. The van der Waals surface area contributed by atoms with Crippen LogP contribution in [0.2, 0.25) is 0 Å². The third kappa shape index (κ3) is 2.92. The molecule has 86 valence electrons. The van der Waals surface area contributed by atoms with E-state index in [2.05, 4.69) is 29.4 Å². The van der Waals surface area contributed by atoms with Gasteiger partial charge in [-0.15, -0.1) is 10.2 Å². The van der Waals surface area contributed by atoms with Gasteiger partial charge in [0.15, 0.2) is 0 Å². The van der Waals surface area contributed by atoms with E-state index in [9.17, 15) is 0 Å². The Bertz CT molecular complexity index is 305. The predicted octanol–water partition coefficient (Wildman–Crippen LogP) is -2.40. The molecule has 0 radical (unpaired) electrons. The van der Waals surface area contributed by atoms with E-state index in [-0.39, 0.29) is 12.4 Å². The summed E-state index contributed by atoms with van der Waals surface area (Å²) in [6.45, 7) is 6.36. The van der Waals surface area contributed by atoms with Crippen molar-refractivity contribution in [3.8, 4) is 0 Å². The number of aromatic nitrogens is 2. The van der Waals surface area contributed by atoms with E-state index in [1.807, 2.05) is 6.92 Å². The van der Waals surface area contributed by atoms with Crippen LogP contribution in [-0.4, -0.2) is 22.3 Å². The predicted molar refractivity (Wildman–Crippen MR) is 51.9 cm³/mol. The van der Waals surface area contributed by atoms with Crippen LogP contribution in [0.5, 0.6) is 0 Å². The van der Waals surface area contributed by atoms with Gasteiger partial charge in [-0.1, -0.05) is 0 Å². The zero-order valence-corrected chi connectivity index (χ0v) is 10.2. The summed E-state index contributed by atoms with van der Waals surface area (Å²) < 4.78 is 5.48. The van der Waals surface area contributed by atoms with E-state index in [1.165, 1.54) is 0 Å². The highest BCUT2D eigenvalue weighted by atomic mass is 35.5. The quantitative estimate of drug-likeness (QED) is 0.587. The second-order valence-electron chi connectivity index (χ2n) is 4.47. The van der Waals surface area contributed by atoms with Gasteiger partial charge in [-0.25, -0.2) is 0 Å². The molecule has 1 aromatic heterocycles. The molecule has 1 fully saturated rings. The van der Waals surface area contributed by atoms with Crippen LogP contribution in [0.3, 0.4) is 0 Å². The summed E-state index contributed by atoms with van der Waals surface area (Å²) in [5.74, 6) is 1.97. The molecule has 5 heteroatoms. The minimum absolute atomic E-state index is 0. The van der Waals surface area contributed by atoms with Crippen LogP contribution in [0, 0.1) is 6.92 Å². The first-order valence-corrected chi connectivity index (χ1v) is 5.30. The topological polar surface area (TPSA) is 55.5 Å². The molecule has 2 N–H and O–H groups in total. The highest BCUT2D eigenvalue weighted by Gasteiger charge is 2.30. The van der Waals surface area contributed by atoms with Gasteiger partial charge in [0, 0.05) is 25.7 Å². The molecular weight excluding hydrogens is 214 g/mol. The molecule has 0 bridgehead atoms.